The first kappa shape index (κ1) is 30.6. The summed E-state index contributed by atoms with van der Waals surface area (Å²) in [5, 5.41) is 11.2. The molecule has 0 aliphatic carbocycles. The van der Waals surface area contributed by atoms with Crippen molar-refractivity contribution in [2.45, 2.75) is 33.1 Å². The summed E-state index contributed by atoms with van der Waals surface area (Å²) >= 11 is 14.2. The van der Waals surface area contributed by atoms with Crippen LogP contribution in [0.15, 0.2) is 133 Å². The van der Waals surface area contributed by atoms with Crippen molar-refractivity contribution >= 4 is 28.9 Å². The van der Waals surface area contributed by atoms with E-state index >= 15 is 0 Å². The normalized spacial score (nSPS) is 11.2. The Morgan fingerprint density at radius 1 is 0.533 bits per heavy atom. The van der Waals surface area contributed by atoms with Gasteiger partial charge in [-0.25, -0.2) is 0 Å². The maximum Gasteiger partial charge on any atom is 0.0491 e. The van der Waals surface area contributed by atoms with Gasteiger partial charge in [0.2, 0.25) is 0 Å². The van der Waals surface area contributed by atoms with E-state index in [0.717, 1.165) is 66.8 Å². The van der Waals surface area contributed by atoms with Crippen LogP contribution < -0.4 is 0 Å². The molecule has 0 fully saturated rings. The molecular weight excluding hydrogens is 589 g/mol. The van der Waals surface area contributed by atoms with Gasteiger partial charge in [-0.2, -0.15) is 0 Å². The van der Waals surface area contributed by atoms with E-state index in [9.17, 15) is 5.41 Å². The third kappa shape index (κ3) is 5.87. The topological polar surface area (TPSA) is 23.9 Å². The van der Waals surface area contributed by atoms with Crippen LogP contribution in [0.3, 0.4) is 0 Å². The summed E-state index contributed by atoms with van der Waals surface area (Å²) in [5.74, 6) is -0.391. The highest BCUT2D eigenvalue weighted by Gasteiger charge is 2.33. The molecule has 0 saturated carbocycles. The molecular formula is C42H35Cl2N. The molecule has 3 heteroatoms. The maximum atomic E-state index is 9.79. The summed E-state index contributed by atoms with van der Waals surface area (Å²) < 4.78 is 0. The van der Waals surface area contributed by atoms with Gasteiger partial charge in [0.1, 0.15) is 0 Å². The number of nitrogens with one attached hydrogen (secondary N) is 1. The lowest BCUT2D eigenvalue weighted by molar-refractivity contribution is 1.01. The highest BCUT2D eigenvalue weighted by atomic mass is 35.5. The Labute approximate surface area is 276 Å². The van der Waals surface area contributed by atoms with Gasteiger partial charge in [0, 0.05) is 21.7 Å². The fourth-order valence-electron chi connectivity index (χ4n) is 6.50. The Bertz CT molecular complexity index is 1830. The van der Waals surface area contributed by atoms with Crippen LogP contribution in [0.25, 0.3) is 44.5 Å². The van der Waals surface area contributed by atoms with Gasteiger partial charge in [-0.05, 0) is 99.2 Å². The molecule has 0 amide bonds. The number of benzene rings is 6. The van der Waals surface area contributed by atoms with E-state index in [4.69, 9.17) is 23.2 Å². The third-order valence-electron chi connectivity index (χ3n) is 8.73. The minimum Gasteiger partial charge on any atom is -0.309 e. The van der Waals surface area contributed by atoms with Crippen LogP contribution in [-0.2, 0) is 0 Å². The first-order valence-electron chi connectivity index (χ1n) is 15.4. The number of halogens is 2. The molecule has 1 N–H and O–H groups in total. The van der Waals surface area contributed by atoms with E-state index in [1.54, 1.807) is 0 Å². The Hall–Kier alpha value is -4.43. The highest BCUT2D eigenvalue weighted by Crippen LogP contribution is 2.51. The average Bonchev–Trinajstić information content (AvgIpc) is 3.09. The van der Waals surface area contributed by atoms with E-state index in [1.165, 1.54) is 0 Å². The van der Waals surface area contributed by atoms with E-state index in [2.05, 4.69) is 130 Å². The van der Waals surface area contributed by atoms with Crippen LogP contribution in [0, 0.1) is 19.3 Å². The summed E-state index contributed by atoms with van der Waals surface area (Å²) in [6, 6.07) is 46.0. The lowest BCUT2D eigenvalue weighted by Gasteiger charge is -2.31. The second-order valence-electron chi connectivity index (χ2n) is 11.4. The van der Waals surface area contributed by atoms with Crippen molar-refractivity contribution in [3.63, 3.8) is 0 Å². The molecule has 6 aromatic rings. The molecule has 0 bridgehead atoms. The van der Waals surface area contributed by atoms with Crippen molar-refractivity contribution in [3.8, 4) is 44.5 Å². The minimum absolute atomic E-state index is 0.391. The fourth-order valence-corrected chi connectivity index (χ4v) is 6.91. The average molecular weight is 625 g/mol. The van der Waals surface area contributed by atoms with Crippen molar-refractivity contribution in [2.24, 2.45) is 0 Å². The summed E-state index contributed by atoms with van der Waals surface area (Å²) in [6.07, 6.45) is 0.582. The van der Waals surface area contributed by atoms with Gasteiger partial charge >= 0.3 is 0 Å². The summed E-state index contributed by atoms with van der Waals surface area (Å²) in [6.45, 7) is 6.27. The van der Waals surface area contributed by atoms with Crippen LogP contribution in [0.4, 0.5) is 0 Å². The molecule has 6 aromatic carbocycles. The SMILES string of the molecule is CCC(=N)C(c1c(-c2ccccc2)cc(Cl)c(C)c1-c1ccccc1)c1c(-c2ccccc2)cc(Cl)c(C)c1-c1ccccc1. The van der Waals surface area contributed by atoms with Gasteiger partial charge in [0.15, 0.2) is 0 Å². The van der Waals surface area contributed by atoms with Crippen molar-refractivity contribution in [1.29, 1.82) is 5.41 Å². The zero-order valence-electron chi connectivity index (χ0n) is 25.7. The number of rotatable bonds is 8. The zero-order valence-corrected chi connectivity index (χ0v) is 27.3. The van der Waals surface area contributed by atoms with Crippen molar-refractivity contribution in [2.75, 3.05) is 0 Å². The van der Waals surface area contributed by atoms with Crippen molar-refractivity contribution < 1.29 is 0 Å². The van der Waals surface area contributed by atoms with Gasteiger partial charge in [0.05, 0.1) is 0 Å². The van der Waals surface area contributed by atoms with E-state index < -0.39 is 5.92 Å². The largest absolute Gasteiger partial charge is 0.309 e. The Morgan fingerprint density at radius 3 is 1.16 bits per heavy atom. The van der Waals surface area contributed by atoms with Gasteiger partial charge in [-0.15, -0.1) is 0 Å². The lowest BCUT2D eigenvalue weighted by Crippen LogP contribution is -2.18. The third-order valence-corrected chi connectivity index (χ3v) is 9.51. The molecule has 0 saturated heterocycles. The summed E-state index contributed by atoms with van der Waals surface area (Å²) in [7, 11) is 0. The fraction of sp³-hybridized carbons (Fsp3) is 0.119. The predicted molar refractivity (Wildman–Crippen MR) is 194 cm³/mol. The molecule has 0 unspecified atom stereocenters. The van der Waals surface area contributed by atoms with Crippen molar-refractivity contribution in [1.82, 2.24) is 0 Å². The maximum absolute atomic E-state index is 9.79. The number of hydrogen-bond acceptors (Lipinski definition) is 1. The lowest BCUT2D eigenvalue weighted by atomic mass is 9.72. The zero-order chi connectivity index (χ0) is 31.5. The molecule has 0 atom stereocenters. The summed E-state index contributed by atoms with van der Waals surface area (Å²) in [4.78, 5) is 0. The molecule has 45 heavy (non-hydrogen) atoms. The second-order valence-corrected chi connectivity index (χ2v) is 12.2. The Kier molecular flexibility index (Phi) is 9.03. The van der Waals surface area contributed by atoms with E-state index in [-0.39, 0.29) is 0 Å². The molecule has 0 aliphatic heterocycles. The van der Waals surface area contributed by atoms with Crippen LogP contribution in [0.5, 0.6) is 0 Å². The molecule has 0 radical (unpaired) electrons. The standard InChI is InChI=1S/C42H35Cl2N/c1-4-37(45)42(40-33(29-17-9-5-10-18-29)25-35(43)27(2)38(40)31-21-13-7-14-22-31)41-34(30-19-11-6-12-20-30)26-36(44)28(3)39(41)32-23-15-8-16-24-32/h5-26,42,45H,4H2,1-3H3. The monoisotopic (exact) mass is 623 g/mol. The Morgan fingerprint density at radius 2 is 0.844 bits per heavy atom. The van der Waals surface area contributed by atoms with Crippen LogP contribution in [0.1, 0.15) is 41.5 Å². The molecule has 0 aromatic heterocycles. The van der Waals surface area contributed by atoms with Gasteiger partial charge in [-0.3, -0.25) is 0 Å². The highest BCUT2D eigenvalue weighted by molar-refractivity contribution is 6.33. The molecule has 0 heterocycles. The quantitative estimate of drug-likeness (QED) is 0.163. The molecule has 0 spiro atoms. The smallest absolute Gasteiger partial charge is 0.0491 e. The summed E-state index contributed by atoms with van der Waals surface area (Å²) in [5.41, 5.74) is 13.3. The molecule has 0 aliphatic rings. The molecule has 6 rings (SSSR count). The second kappa shape index (κ2) is 13.3. The van der Waals surface area contributed by atoms with Crippen molar-refractivity contribution in [3.05, 3.63) is 166 Å². The van der Waals surface area contributed by atoms with E-state index in [0.29, 0.717) is 22.2 Å². The molecule has 222 valence electrons. The first-order valence-corrected chi connectivity index (χ1v) is 16.1. The van der Waals surface area contributed by atoms with Gasteiger partial charge in [-0.1, -0.05) is 151 Å². The first-order chi connectivity index (χ1) is 21.9. The number of hydrogen-bond donors (Lipinski definition) is 1. The molecule has 1 nitrogen and oxygen atoms in total. The van der Waals surface area contributed by atoms with Gasteiger partial charge < -0.3 is 5.41 Å². The van der Waals surface area contributed by atoms with Gasteiger partial charge in [0.25, 0.3) is 0 Å². The predicted octanol–water partition coefficient (Wildman–Crippen LogP) is 12.8. The Balaban J connectivity index is 1.85. The van der Waals surface area contributed by atoms with Crippen LogP contribution >= 0.6 is 23.2 Å². The minimum atomic E-state index is -0.391. The van der Waals surface area contributed by atoms with Crippen LogP contribution in [-0.4, -0.2) is 5.71 Å². The van der Waals surface area contributed by atoms with E-state index in [1.807, 2.05) is 24.3 Å². The van der Waals surface area contributed by atoms with Crippen LogP contribution in [0.2, 0.25) is 10.0 Å².